The number of piperazine rings is 1. The van der Waals surface area contributed by atoms with Gasteiger partial charge >= 0.3 is 0 Å². The summed E-state index contributed by atoms with van der Waals surface area (Å²) in [5.74, 6) is 2.08. The molecule has 2 heterocycles. The fourth-order valence-electron chi connectivity index (χ4n) is 4.15. The summed E-state index contributed by atoms with van der Waals surface area (Å²) < 4.78 is 2.22. The van der Waals surface area contributed by atoms with Crippen LogP contribution in [-0.4, -0.2) is 71.6 Å². The highest BCUT2D eigenvalue weighted by Gasteiger charge is 2.18. The van der Waals surface area contributed by atoms with E-state index in [1.165, 1.54) is 11.1 Å². The number of rotatable bonds is 8. The monoisotopic (exact) mass is 442 g/mol. The number of nitrogens with zero attached hydrogens (tertiary/aromatic N) is 5. The number of guanidine groups is 1. The first kappa shape index (κ1) is 22.8. The van der Waals surface area contributed by atoms with Crippen LogP contribution in [0.2, 0.25) is 0 Å². The van der Waals surface area contributed by atoms with Gasteiger partial charge in [0.2, 0.25) is 0 Å². The van der Waals surface area contributed by atoms with Crippen molar-refractivity contribution in [1.29, 1.82) is 0 Å². The predicted molar refractivity (Wildman–Crippen MR) is 136 cm³/mol. The van der Waals surface area contributed by atoms with Crippen molar-refractivity contribution in [1.82, 2.24) is 24.7 Å². The molecule has 0 saturated carbocycles. The largest absolute Gasteiger partial charge is 0.356 e. The van der Waals surface area contributed by atoms with E-state index in [4.69, 9.17) is 0 Å². The second-order valence-electron chi connectivity index (χ2n) is 8.28. The lowest BCUT2D eigenvalue weighted by Gasteiger charge is -2.36. The summed E-state index contributed by atoms with van der Waals surface area (Å²) in [5.41, 5.74) is 2.54. The van der Waals surface area contributed by atoms with Crippen LogP contribution in [0, 0.1) is 0 Å². The molecule has 1 aliphatic rings. The highest BCUT2D eigenvalue weighted by atomic mass is 15.3. The van der Waals surface area contributed by atoms with E-state index in [0.29, 0.717) is 0 Å². The quantitative estimate of drug-likeness (QED) is 0.429. The zero-order chi connectivity index (χ0) is 22.7. The molecular formula is C27H34N6. The van der Waals surface area contributed by atoms with Gasteiger partial charge in [-0.1, -0.05) is 72.8 Å². The summed E-state index contributed by atoms with van der Waals surface area (Å²) in [6.45, 7) is 6.72. The fraction of sp³-hybridized carbons (Fsp3) is 0.333. The van der Waals surface area contributed by atoms with Gasteiger partial charge in [0.25, 0.3) is 0 Å². The SMILES string of the molecule is CN=C(NCCc1nccn1Cc1ccccc1)N1CCN(C/C=C/c2ccccc2)CC1. The van der Waals surface area contributed by atoms with Crippen LogP contribution in [0.25, 0.3) is 6.08 Å². The van der Waals surface area contributed by atoms with Crippen LogP contribution in [0.1, 0.15) is 17.0 Å². The van der Waals surface area contributed by atoms with Crippen molar-refractivity contribution in [3.8, 4) is 0 Å². The molecule has 1 saturated heterocycles. The van der Waals surface area contributed by atoms with Gasteiger partial charge in [-0.15, -0.1) is 0 Å². The Morgan fingerprint density at radius 3 is 2.45 bits per heavy atom. The highest BCUT2D eigenvalue weighted by molar-refractivity contribution is 5.80. The van der Waals surface area contributed by atoms with Gasteiger partial charge in [0.15, 0.2) is 5.96 Å². The molecule has 0 bridgehead atoms. The van der Waals surface area contributed by atoms with E-state index in [1.807, 2.05) is 13.2 Å². The number of nitrogens with one attached hydrogen (secondary N) is 1. The van der Waals surface area contributed by atoms with Crippen molar-refractivity contribution in [2.24, 2.45) is 4.99 Å². The number of hydrogen-bond donors (Lipinski definition) is 1. The summed E-state index contributed by atoms with van der Waals surface area (Å²) in [4.78, 5) is 13.9. The molecule has 1 N–H and O–H groups in total. The molecular weight excluding hydrogens is 408 g/mol. The van der Waals surface area contributed by atoms with Crippen molar-refractivity contribution < 1.29 is 0 Å². The zero-order valence-corrected chi connectivity index (χ0v) is 19.5. The molecule has 0 atom stereocenters. The molecule has 1 fully saturated rings. The van der Waals surface area contributed by atoms with Gasteiger partial charge in [0.1, 0.15) is 5.82 Å². The first-order chi connectivity index (χ1) is 16.3. The Labute approximate surface area is 197 Å². The Morgan fingerprint density at radius 2 is 1.73 bits per heavy atom. The number of aromatic nitrogens is 2. The molecule has 2 aromatic carbocycles. The van der Waals surface area contributed by atoms with Crippen LogP contribution < -0.4 is 5.32 Å². The lowest BCUT2D eigenvalue weighted by atomic mass is 10.2. The van der Waals surface area contributed by atoms with E-state index >= 15 is 0 Å². The first-order valence-electron chi connectivity index (χ1n) is 11.8. The van der Waals surface area contributed by atoms with E-state index < -0.39 is 0 Å². The van der Waals surface area contributed by atoms with E-state index in [0.717, 1.165) is 64.0 Å². The minimum Gasteiger partial charge on any atom is -0.356 e. The molecule has 6 nitrogen and oxygen atoms in total. The Balaban J connectivity index is 1.20. The van der Waals surface area contributed by atoms with E-state index in [9.17, 15) is 0 Å². The molecule has 0 radical (unpaired) electrons. The summed E-state index contributed by atoms with van der Waals surface area (Å²) in [6, 6.07) is 21.0. The fourth-order valence-corrected chi connectivity index (χ4v) is 4.15. The Morgan fingerprint density at radius 1 is 1.00 bits per heavy atom. The highest BCUT2D eigenvalue weighted by Crippen LogP contribution is 2.07. The first-order valence-corrected chi connectivity index (χ1v) is 11.8. The van der Waals surface area contributed by atoms with Crippen molar-refractivity contribution in [3.05, 3.63) is 96.1 Å². The maximum Gasteiger partial charge on any atom is 0.193 e. The van der Waals surface area contributed by atoms with Gasteiger partial charge in [-0.3, -0.25) is 9.89 Å². The number of aliphatic imine (C=N–C) groups is 1. The third-order valence-corrected chi connectivity index (χ3v) is 5.99. The van der Waals surface area contributed by atoms with Crippen LogP contribution in [0.5, 0.6) is 0 Å². The molecule has 4 rings (SSSR count). The maximum absolute atomic E-state index is 4.56. The van der Waals surface area contributed by atoms with Crippen molar-refractivity contribution >= 4 is 12.0 Å². The smallest absolute Gasteiger partial charge is 0.193 e. The Hall–Kier alpha value is -3.38. The van der Waals surface area contributed by atoms with E-state index in [2.05, 4.69) is 109 Å². The van der Waals surface area contributed by atoms with Crippen LogP contribution in [0.4, 0.5) is 0 Å². The molecule has 172 valence electrons. The maximum atomic E-state index is 4.56. The molecule has 0 amide bonds. The number of hydrogen-bond acceptors (Lipinski definition) is 3. The minimum atomic E-state index is 0.818. The molecule has 0 aliphatic carbocycles. The normalized spacial score (nSPS) is 15.3. The second kappa shape index (κ2) is 12.0. The van der Waals surface area contributed by atoms with Gasteiger partial charge in [0, 0.05) is 71.7 Å². The van der Waals surface area contributed by atoms with Crippen molar-refractivity contribution in [2.45, 2.75) is 13.0 Å². The van der Waals surface area contributed by atoms with Crippen molar-refractivity contribution in [2.75, 3.05) is 46.3 Å². The van der Waals surface area contributed by atoms with Crippen LogP contribution in [0.15, 0.2) is 84.1 Å². The summed E-state index contributed by atoms with van der Waals surface area (Å²) in [7, 11) is 1.87. The van der Waals surface area contributed by atoms with Gasteiger partial charge < -0.3 is 14.8 Å². The summed E-state index contributed by atoms with van der Waals surface area (Å²) >= 11 is 0. The lowest BCUT2D eigenvalue weighted by molar-refractivity contribution is 0.194. The predicted octanol–water partition coefficient (Wildman–Crippen LogP) is 3.38. The van der Waals surface area contributed by atoms with E-state index in [-0.39, 0.29) is 0 Å². The lowest BCUT2D eigenvalue weighted by Crippen LogP contribution is -2.52. The number of imidazole rings is 1. The third-order valence-electron chi connectivity index (χ3n) is 5.99. The summed E-state index contributed by atoms with van der Waals surface area (Å²) in [6.07, 6.45) is 9.27. The van der Waals surface area contributed by atoms with Gasteiger partial charge in [-0.2, -0.15) is 0 Å². The van der Waals surface area contributed by atoms with Crippen LogP contribution >= 0.6 is 0 Å². The third kappa shape index (κ3) is 6.80. The zero-order valence-electron chi connectivity index (χ0n) is 19.5. The standard InChI is InChI=1S/C27H34N6/c1-28-27(30-15-14-26-29-16-18-33(26)23-25-11-6-3-7-12-25)32-21-19-31(20-22-32)17-8-13-24-9-4-2-5-10-24/h2-13,16,18H,14-15,17,19-23H2,1H3,(H,28,30)/b13-8+. The average Bonchev–Trinajstić information content (AvgIpc) is 3.30. The van der Waals surface area contributed by atoms with Gasteiger partial charge in [0.05, 0.1) is 0 Å². The number of benzene rings is 2. The molecule has 33 heavy (non-hydrogen) atoms. The Bertz CT molecular complexity index is 1020. The molecule has 6 heteroatoms. The van der Waals surface area contributed by atoms with Gasteiger partial charge in [-0.25, -0.2) is 4.98 Å². The van der Waals surface area contributed by atoms with Gasteiger partial charge in [-0.05, 0) is 11.1 Å². The van der Waals surface area contributed by atoms with E-state index in [1.54, 1.807) is 0 Å². The average molecular weight is 443 g/mol. The molecule has 1 aliphatic heterocycles. The Kier molecular flexibility index (Phi) is 8.30. The summed E-state index contributed by atoms with van der Waals surface area (Å²) in [5, 5.41) is 3.54. The molecule has 1 aromatic heterocycles. The molecule has 0 spiro atoms. The van der Waals surface area contributed by atoms with Crippen molar-refractivity contribution in [3.63, 3.8) is 0 Å². The second-order valence-corrected chi connectivity index (χ2v) is 8.28. The van der Waals surface area contributed by atoms with Crippen LogP contribution in [0.3, 0.4) is 0 Å². The topological polar surface area (TPSA) is 48.7 Å². The van der Waals surface area contributed by atoms with Crippen LogP contribution in [-0.2, 0) is 13.0 Å². The molecule has 0 unspecified atom stereocenters. The molecule has 3 aromatic rings. The minimum absolute atomic E-state index is 0.818.